The van der Waals surface area contributed by atoms with Crippen LogP contribution in [0.4, 0.5) is 0 Å². The van der Waals surface area contributed by atoms with E-state index in [0.717, 1.165) is 5.56 Å². The average Bonchev–Trinajstić information content (AvgIpc) is 2.28. The van der Waals surface area contributed by atoms with Gasteiger partial charge in [0, 0.05) is 6.54 Å². The van der Waals surface area contributed by atoms with Crippen molar-refractivity contribution in [2.24, 2.45) is 0 Å². The molecule has 0 radical (unpaired) electrons. The lowest BCUT2D eigenvalue weighted by Crippen LogP contribution is -2.46. The van der Waals surface area contributed by atoms with Crippen LogP contribution in [0.25, 0.3) is 0 Å². The number of hydrogen-bond donors (Lipinski definition) is 3. The van der Waals surface area contributed by atoms with Gasteiger partial charge in [-0.15, -0.1) is 4.83 Å². The van der Waals surface area contributed by atoms with Gasteiger partial charge in [-0.25, -0.2) is 8.42 Å². The molecule has 0 amide bonds. The highest BCUT2D eigenvalue weighted by atomic mass is 32.2. The third-order valence-corrected chi connectivity index (χ3v) is 3.48. The second kappa shape index (κ2) is 5.95. The van der Waals surface area contributed by atoms with E-state index in [9.17, 15) is 8.42 Å². The molecule has 94 valence electrons. The van der Waals surface area contributed by atoms with Gasteiger partial charge in [-0.3, -0.25) is 5.43 Å². The zero-order valence-electron chi connectivity index (χ0n) is 9.65. The molecule has 1 rings (SSSR count). The molecule has 7 heteroatoms. The number of benzene rings is 1. The lowest BCUT2D eigenvalue weighted by molar-refractivity contribution is 0.576. The zero-order valence-corrected chi connectivity index (χ0v) is 11.3. The maximum Gasteiger partial charge on any atom is 0.257 e. The van der Waals surface area contributed by atoms with E-state index in [1.807, 2.05) is 13.8 Å². The van der Waals surface area contributed by atoms with Crippen LogP contribution in [-0.2, 0) is 10.0 Å². The summed E-state index contributed by atoms with van der Waals surface area (Å²) < 4.78 is 23.6. The monoisotopic (exact) mass is 273 g/mol. The van der Waals surface area contributed by atoms with Crippen LogP contribution in [0.15, 0.2) is 29.2 Å². The first kappa shape index (κ1) is 13.9. The Labute approximate surface area is 107 Å². The Morgan fingerprint density at radius 3 is 2.41 bits per heavy atom. The molecule has 3 N–H and O–H groups in total. The predicted molar refractivity (Wildman–Crippen MR) is 70.9 cm³/mol. The van der Waals surface area contributed by atoms with Crippen molar-refractivity contribution >= 4 is 27.4 Å². The number of aryl methyl sites for hydroxylation is 1. The molecule has 0 aliphatic carbocycles. The van der Waals surface area contributed by atoms with Gasteiger partial charge in [0.15, 0.2) is 5.11 Å². The molecule has 0 spiro atoms. The minimum absolute atomic E-state index is 0.190. The Bertz CT molecular complexity index is 483. The van der Waals surface area contributed by atoms with Crippen molar-refractivity contribution in [3.63, 3.8) is 0 Å². The van der Waals surface area contributed by atoms with Gasteiger partial charge in [0.1, 0.15) is 0 Å². The third-order valence-electron chi connectivity index (χ3n) is 1.97. The number of nitrogens with one attached hydrogen (secondary N) is 3. The molecule has 17 heavy (non-hydrogen) atoms. The van der Waals surface area contributed by atoms with E-state index < -0.39 is 10.0 Å². The van der Waals surface area contributed by atoms with Crippen molar-refractivity contribution in [3.8, 4) is 0 Å². The van der Waals surface area contributed by atoms with Crippen LogP contribution in [0.2, 0.25) is 0 Å². The summed E-state index contributed by atoms with van der Waals surface area (Å²) in [7, 11) is -3.58. The topological polar surface area (TPSA) is 70.2 Å². The Kier molecular flexibility index (Phi) is 4.86. The first-order valence-corrected chi connectivity index (χ1v) is 6.97. The van der Waals surface area contributed by atoms with Crippen molar-refractivity contribution < 1.29 is 8.42 Å². The Balaban J connectivity index is 2.69. The van der Waals surface area contributed by atoms with Gasteiger partial charge in [-0.1, -0.05) is 17.7 Å². The van der Waals surface area contributed by atoms with Crippen LogP contribution in [-0.4, -0.2) is 20.1 Å². The van der Waals surface area contributed by atoms with E-state index in [2.05, 4.69) is 15.6 Å². The molecule has 0 aromatic heterocycles. The molecule has 1 aromatic rings. The molecular weight excluding hydrogens is 258 g/mol. The Morgan fingerprint density at radius 1 is 1.29 bits per heavy atom. The third kappa shape index (κ3) is 4.29. The summed E-state index contributed by atoms with van der Waals surface area (Å²) in [6, 6.07) is 6.54. The van der Waals surface area contributed by atoms with E-state index in [4.69, 9.17) is 12.2 Å². The molecular formula is C10H15N3O2S2. The summed E-state index contributed by atoms with van der Waals surface area (Å²) >= 11 is 4.84. The van der Waals surface area contributed by atoms with E-state index in [0.29, 0.717) is 6.54 Å². The first-order chi connectivity index (χ1) is 7.95. The second-order valence-corrected chi connectivity index (χ2v) is 5.49. The molecule has 5 nitrogen and oxygen atoms in total. The largest absolute Gasteiger partial charge is 0.362 e. The summed E-state index contributed by atoms with van der Waals surface area (Å²) in [5.41, 5.74) is 3.42. The maximum atomic E-state index is 11.8. The van der Waals surface area contributed by atoms with Gasteiger partial charge in [0.2, 0.25) is 0 Å². The first-order valence-electron chi connectivity index (χ1n) is 5.08. The molecule has 0 unspecified atom stereocenters. The van der Waals surface area contributed by atoms with E-state index in [1.54, 1.807) is 12.1 Å². The molecule has 1 aromatic carbocycles. The summed E-state index contributed by atoms with van der Waals surface area (Å²) in [6.45, 7) is 4.38. The number of hydrogen-bond acceptors (Lipinski definition) is 3. The van der Waals surface area contributed by atoms with E-state index in [-0.39, 0.29) is 10.0 Å². The zero-order chi connectivity index (χ0) is 12.9. The van der Waals surface area contributed by atoms with Gasteiger partial charge in [-0.05, 0) is 38.2 Å². The van der Waals surface area contributed by atoms with Gasteiger partial charge < -0.3 is 5.32 Å². The van der Waals surface area contributed by atoms with Crippen LogP contribution in [0.1, 0.15) is 12.5 Å². The standard InChI is InChI=1S/C10H15N3O2S2/c1-3-11-10(16)12-13-17(14,15)9-6-4-8(2)5-7-9/h4-7,13H,3H2,1-2H3,(H2,11,12,16). The highest BCUT2D eigenvalue weighted by molar-refractivity contribution is 7.89. The van der Waals surface area contributed by atoms with Gasteiger partial charge in [0.05, 0.1) is 4.90 Å². The lowest BCUT2D eigenvalue weighted by Gasteiger charge is -2.10. The van der Waals surface area contributed by atoms with Crippen LogP contribution in [0.5, 0.6) is 0 Å². The van der Waals surface area contributed by atoms with Crippen molar-refractivity contribution in [2.75, 3.05) is 6.54 Å². The highest BCUT2D eigenvalue weighted by Gasteiger charge is 2.13. The summed E-state index contributed by atoms with van der Waals surface area (Å²) in [5, 5.41) is 3.01. The van der Waals surface area contributed by atoms with Crippen molar-refractivity contribution in [2.45, 2.75) is 18.7 Å². The highest BCUT2D eigenvalue weighted by Crippen LogP contribution is 2.08. The van der Waals surface area contributed by atoms with E-state index >= 15 is 0 Å². The molecule has 0 aliphatic rings. The molecule has 0 atom stereocenters. The van der Waals surface area contributed by atoms with E-state index in [1.165, 1.54) is 12.1 Å². The fourth-order valence-corrected chi connectivity index (χ4v) is 2.20. The molecule has 0 bridgehead atoms. The molecule has 0 fully saturated rings. The van der Waals surface area contributed by atoms with Gasteiger partial charge in [0.25, 0.3) is 10.0 Å². The number of rotatable bonds is 4. The maximum absolute atomic E-state index is 11.8. The normalized spacial score (nSPS) is 10.9. The molecule has 0 saturated carbocycles. The molecule has 0 saturated heterocycles. The second-order valence-electron chi connectivity index (χ2n) is 3.40. The van der Waals surface area contributed by atoms with Gasteiger partial charge >= 0.3 is 0 Å². The SMILES string of the molecule is CCNC(=S)NNS(=O)(=O)c1ccc(C)cc1. The van der Waals surface area contributed by atoms with Crippen LogP contribution in [0, 0.1) is 6.92 Å². The summed E-state index contributed by atoms with van der Waals surface area (Å²) in [5.74, 6) is 0. The summed E-state index contributed by atoms with van der Waals surface area (Å²) in [4.78, 5) is 2.39. The van der Waals surface area contributed by atoms with Crippen molar-refractivity contribution in [3.05, 3.63) is 29.8 Å². The number of sulfonamides is 1. The fraction of sp³-hybridized carbons (Fsp3) is 0.300. The number of thiocarbonyl (C=S) groups is 1. The molecule has 0 heterocycles. The van der Waals surface area contributed by atoms with Crippen LogP contribution < -0.4 is 15.6 Å². The Morgan fingerprint density at radius 2 is 1.88 bits per heavy atom. The van der Waals surface area contributed by atoms with Gasteiger partial charge in [-0.2, -0.15) is 0 Å². The summed E-state index contributed by atoms with van der Waals surface area (Å²) in [6.07, 6.45) is 0. The smallest absolute Gasteiger partial charge is 0.257 e. The minimum atomic E-state index is -3.58. The average molecular weight is 273 g/mol. The van der Waals surface area contributed by atoms with Crippen molar-refractivity contribution in [1.29, 1.82) is 0 Å². The quantitative estimate of drug-likeness (QED) is 0.556. The number of hydrazine groups is 1. The minimum Gasteiger partial charge on any atom is -0.362 e. The van der Waals surface area contributed by atoms with Crippen LogP contribution >= 0.6 is 12.2 Å². The predicted octanol–water partition coefficient (Wildman–Crippen LogP) is 0.672. The molecule has 0 aliphatic heterocycles. The fourth-order valence-electron chi connectivity index (χ4n) is 1.09. The Hall–Kier alpha value is -1.18. The van der Waals surface area contributed by atoms with Crippen molar-refractivity contribution in [1.82, 2.24) is 15.6 Å². The van der Waals surface area contributed by atoms with Crippen LogP contribution in [0.3, 0.4) is 0 Å². The lowest BCUT2D eigenvalue weighted by atomic mass is 10.2.